The molecule has 2 heterocycles. The van der Waals surface area contributed by atoms with Crippen LogP contribution in [0.2, 0.25) is 5.02 Å². The van der Waals surface area contributed by atoms with Crippen LogP contribution in [0.5, 0.6) is 0 Å². The standard InChI is InChI=1S/C12H13ClN2S/c13-11-7-12(16-9-11)8-15-6-3-10-1-4-14-5-2-10/h1-2,4-5,7,9,15H,3,6,8H2. The molecule has 0 amide bonds. The average Bonchev–Trinajstić information content (AvgIpc) is 2.72. The summed E-state index contributed by atoms with van der Waals surface area (Å²) >= 11 is 7.54. The van der Waals surface area contributed by atoms with E-state index in [2.05, 4.69) is 10.3 Å². The number of hydrogen-bond acceptors (Lipinski definition) is 3. The molecule has 0 aromatic carbocycles. The van der Waals surface area contributed by atoms with Gasteiger partial charge in [-0.1, -0.05) is 11.6 Å². The highest BCUT2D eigenvalue weighted by atomic mass is 35.5. The van der Waals surface area contributed by atoms with Gasteiger partial charge in [0.2, 0.25) is 0 Å². The van der Waals surface area contributed by atoms with Gasteiger partial charge in [-0.3, -0.25) is 4.98 Å². The molecular formula is C12H13ClN2S. The molecule has 0 aliphatic rings. The summed E-state index contributed by atoms with van der Waals surface area (Å²) in [6.45, 7) is 1.86. The summed E-state index contributed by atoms with van der Waals surface area (Å²) in [4.78, 5) is 5.27. The lowest BCUT2D eigenvalue weighted by Crippen LogP contribution is -2.15. The van der Waals surface area contributed by atoms with E-state index in [1.807, 2.05) is 36.0 Å². The Kier molecular flexibility index (Phi) is 4.34. The van der Waals surface area contributed by atoms with Crippen molar-refractivity contribution in [3.05, 3.63) is 51.4 Å². The molecule has 0 unspecified atom stereocenters. The molecular weight excluding hydrogens is 240 g/mol. The maximum atomic E-state index is 5.84. The van der Waals surface area contributed by atoms with E-state index in [9.17, 15) is 0 Å². The zero-order chi connectivity index (χ0) is 11.2. The molecule has 2 aromatic rings. The number of aromatic nitrogens is 1. The number of rotatable bonds is 5. The van der Waals surface area contributed by atoms with Crippen LogP contribution in [0.25, 0.3) is 0 Å². The lowest BCUT2D eigenvalue weighted by atomic mass is 10.2. The maximum absolute atomic E-state index is 5.84. The van der Waals surface area contributed by atoms with E-state index in [4.69, 9.17) is 11.6 Å². The van der Waals surface area contributed by atoms with Gasteiger partial charge in [0.25, 0.3) is 0 Å². The largest absolute Gasteiger partial charge is 0.312 e. The van der Waals surface area contributed by atoms with Crippen LogP contribution < -0.4 is 5.32 Å². The van der Waals surface area contributed by atoms with Crippen molar-refractivity contribution in [3.63, 3.8) is 0 Å². The minimum atomic E-state index is 0.830. The first-order valence-electron chi connectivity index (χ1n) is 5.17. The zero-order valence-corrected chi connectivity index (χ0v) is 10.4. The molecule has 0 aliphatic carbocycles. The molecule has 2 aromatic heterocycles. The molecule has 84 valence electrons. The van der Waals surface area contributed by atoms with E-state index in [-0.39, 0.29) is 0 Å². The first kappa shape index (κ1) is 11.6. The zero-order valence-electron chi connectivity index (χ0n) is 8.82. The summed E-state index contributed by atoms with van der Waals surface area (Å²) in [5, 5.41) is 6.18. The molecule has 0 radical (unpaired) electrons. The van der Waals surface area contributed by atoms with Crippen molar-refractivity contribution >= 4 is 22.9 Å². The minimum absolute atomic E-state index is 0.830. The Bertz CT molecular complexity index is 428. The van der Waals surface area contributed by atoms with E-state index in [1.165, 1.54) is 10.4 Å². The quantitative estimate of drug-likeness (QED) is 0.827. The van der Waals surface area contributed by atoms with Gasteiger partial charge >= 0.3 is 0 Å². The van der Waals surface area contributed by atoms with E-state index in [0.717, 1.165) is 24.5 Å². The highest BCUT2D eigenvalue weighted by molar-refractivity contribution is 7.10. The number of pyridine rings is 1. The molecule has 1 N–H and O–H groups in total. The van der Waals surface area contributed by atoms with Crippen molar-refractivity contribution in [2.24, 2.45) is 0 Å². The Hall–Kier alpha value is -0.900. The smallest absolute Gasteiger partial charge is 0.0516 e. The van der Waals surface area contributed by atoms with Crippen LogP contribution >= 0.6 is 22.9 Å². The Morgan fingerprint density at radius 2 is 2.12 bits per heavy atom. The SMILES string of the molecule is Clc1csc(CNCCc2ccncc2)c1. The van der Waals surface area contributed by atoms with Gasteiger partial charge in [-0.2, -0.15) is 0 Å². The van der Waals surface area contributed by atoms with Crippen LogP contribution in [0.4, 0.5) is 0 Å². The van der Waals surface area contributed by atoms with E-state index >= 15 is 0 Å². The van der Waals surface area contributed by atoms with Crippen LogP contribution in [0, 0.1) is 0 Å². The van der Waals surface area contributed by atoms with Crippen molar-refractivity contribution in [2.45, 2.75) is 13.0 Å². The van der Waals surface area contributed by atoms with Gasteiger partial charge in [0.05, 0.1) is 5.02 Å². The molecule has 16 heavy (non-hydrogen) atoms. The van der Waals surface area contributed by atoms with E-state index < -0.39 is 0 Å². The first-order valence-corrected chi connectivity index (χ1v) is 6.43. The molecule has 0 saturated carbocycles. The summed E-state index contributed by atoms with van der Waals surface area (Å²) in [5.74, 6) is 0. The van der Waals surface area contributed by atoms with E-state index in [1.54, 1.807) is 11.3 Å². The maximum Gasteiger partial charge on any atom is 0.0516 e. The van der Waals surface area contributed by atoms with Crippen molar-refractivity contribution in [3.8, 4) is 0 Å². The molecule has 2 rings (SSSR count). The fraction of sp³-hybridized carbons (Fsp3) is 0.250. The molecule has 4 heteroatoms. The highest BCUT2D eigenvalue weighted by Crippen LogP contribution is 2.18. The number of nitrogens with one attached hydrogen (secondary N) is 1. The lowest BCUT2D eigenvalue weighted by Gasteiger charge is -2.02. The lowest BCUT2D eigenvalue weighted by molar-refractivity contribution is 0.693. The number of nitrogens with zero attached hydrogens (tertiary/aromatic N) is 1. The van der Waals surface area contributed by atoms with Crippen LogP contribution in [-0.4, -0.2) is 11.5 Å². The third-order valence-electron chi connectivity index (χ3n) is 2.26. The second-order valence-corrected chi connectivity index (χ2v) is 4.95. The van der Waals surface area contributed by atoms with E-state index in [0.29, 0.717) is 0 Å². The van der Waals surface area contributed by atoms with Crippen LogP contribution in [-0.2, 0) is 13.0 Å². The Balaban J connectivity index is 1.69. The molecule has 0 aliphatic heterocycles. The van der Waals surface area contributed by atoms with Gasteiger partial charge in [-0.05, 0) is 36.7 Å². The molecule has 0 atom stereocenters. The van der Waals surface area contributed by atoms with Crippen LogP contribution in [0.15, 0.2) is 36.0 Å². The summed E-state index contributed by atoms with van der Waals surface area (Å²) in [6.07, 6.45) is 4.68. The molecule has 0 saturated heterocycles. The minimum Gasteiger partial charge on any atom is -0.312 e. The second-order valence-electron chi connectivity index (χ2n) is 3.51. The van der Waals surface area contributed by atoms with Gasteiger partial charge in [0.1, 0.15) is 0 Å². The third-order valence-corrected chi connectivity index (χ3v) is 3.55. The predicted octanol–water partition coefficient (Wildman–Crippen LogP) is 3.13. The van der Waals surface area contributed by atoms with Gasteiger partial charge in [-0.15, -0.1) is 11.3 Å². The Morgan fingerprint density at radius 1 is 1.31 bits per heavy atom. The summed E-state index contributed by atoms with van der Waals surface area (Å²) in [7, 11) is 0. The molecule has 0 spiro atoms. The number of hydrogen-bond donors (Lipinski definition) is 1. The molecule has 2 nitrogen and oxygen atoms in total. The first-order chi connectivity index (χ1) is 7.84. The topological polar surface area (TPSA) is 24.9 Å². The Labute approximate surface area is 104 Å². The second kappa shape index (κ2) is 5.99. The van der Waals surface area contributed by atoms with Crippen LogP contribution in [0.3, 0.4) is 0 Å². The normalized spacial score (nSPS) is 10.6. The Morgan fingerprint density at radius 3 is 2.81 bits per heavy atom. The summed E-state index contributed by atoms with van der Waals surface area (Å²) < 4.78 is 0. The third kappa shape index (κ3) is 3.59. The fourth-order valence-electron chi connectivity index (χ4n) is 1.44. The van der Waals surface area contributed by atoms with Crippen LogP contribution in [0.1, 0.15) is 10.4 Å². The van der Waals surface area contributed by atoms with Crippen molar-refractivity contribution in [2.75, 3.05) is 6.54 Å². The van der Waals surface area contributed by atoms with Gasteiger partial charge in [0, 0.05) is 29.2 Å². The predicted molar refractivity (Wildman–Crippen MR) is 69.0 cm³/mol. The van der Waals surface area contributed by atoms with Crippen molar-refractivity contribution in [1.29, 1.82) is 0 Å². The summed E-state index contributed by atoms with van der Waals surface area (Å²) in [5.41, 5.74) is 1.31. The van der Waals surface area contributed by atoms with Crippen molar-refractivity contribution in [1.82, 2.24) is 10.3 Å². The number of thiophene rings is 1. The highest BCUT2D eigenvalue weighted by Gasteiger charge is 1.97. The fourth-order valence-corrected chi connectivity index (χ4v) is 2.48. The van der Waals surface area contributed by atoms with Crippen molar-refractivity contribution < 1.29 is 0 Å². The van der Waals surface area contributed by atoms with Gasteiger partial charge in [0.15, 0.2) is 0 Å². The molecule has 0 bridgehead atoms. The van der Waals surface area contributed by atoms with Gasteiger partial charge < -0.3 is 5.32 Å². The van der Waals surface area contributed by atoms with Gasteiger partial charge in [-0.25, -0.2) is 0 Å². The number of halogens is 1. The average molecular weight is 253 g/mol. The monoisotopic (exact) mass is 252 g/mol. The molecule has 0 fully saturated rings. The summed E-state index contributed by atoms with van der Waals surface area (Å²) in [6, 6.07) is 6.10.